The van der Waals surface area contributed by atoms with E-state index in [4.69, 9.17) is 23.8 Å². The predicted molar refractivity (Wildman–Crippen MR) is 158 cm³/mol. The third-order valence-corrected chi connectivity index (χ3v) is 9.16. The van der Waals surface area contributed by atoms with Crippen LogP contribution < -0.4 is 15.1 Å². The molecule has 2 aromatic heterocycles. The third kappa shape index (κ3) is 4.67. The minimum absolute atomic E-state index is 0.0498. The highest BCUT2D eigenvalue weighted by Gasteiger charge is 2.43. The zero-order chi connectivity index (χ0) is 24.9. The van der Waals surface area contributed by atoms with E-state index in [1.807, 2.05) is 18.3 Å². The minimum atomic E-state index is -0.0756. The zero-order valence-corrected chi connectivity index (χ0v) is 24.2. The Morgan fingerprint density at radius 2 is 1.83 bits per heavy atom. The van der Waals surface area contributed by atoms with E-state index in [0.717, 1.165) is 46.6 Å². The summed E-state index contributed by atoms with van der Waals surface area (Å²) in [5.41, 5.74) is 6.62. The molecule has 2 N–H and O–H groups in total. The van der Waals surface area contributed by atoms with Crippen LogP contribution in [0, 0.1) is 29.3 Å². The maximum Gasteiger partial charge on any atom is 0.174 e. The average Bonchev–Trinajstić information content (AvgIpc) is 3.27. The van der Waals surface area contributed by atoms with Gasteiger partial charge in [0.15, 0.2) is 5.11 Å². The van der Waals surface area contributed by atoms with E-state index in [9.17, 15) is 0 Å². The monoisotopic (exact) mass is 619 g/mol. The summed E-state index contributed by atoms with van der Waals surface area (Å²) < 4.78 is 1.22. The number of hydrogen-bond acceptors (Lipinski definition) is 3. The number of rotatable bonds is 4. The van der Waals surface area contributed by atoms with Gasteiger partial charge in [-0.25, -0.2) is 0 Å². The van der Waals surface area contributed by atoms with Crippen molar-refractivity contribution in [1.82, 2.24) is 15.3 Å². The lowest BCUT2D eigenvalue weighted by Gasteiger charge is -2.37. The quantitative estimate of drug-likeness (QED) is 0.245. The molecule has 0 spiro atoms. The van der Waals surface area contributed by atoms with Gasteiger partial charge in [-0.15, -0.1) is 0 Å². The normalized spacial score (nSPS) is 24.7. The summed E-state index contributed by atoms with van der Waals surface area (Å²) in [6.07, 6.45) is 3.11. The van der Waals surface area contributed by atoms with E-state index in [2.05, 4.69) is 99.6 Å². The van der Waals surface area contributed by atoms with E-state index in [1.54, 1.807) is 0 Å². The molecule has 2 fully saturated rings. The van der Waals surface area contributed by atoms with Gasteiger partial charge in [-0.1, -0.05) is 31.5 Å². The van der Waals surface area contributed by atoms with Gasteiger partial charge in [-0.2, -0.15) is 0 Å². The van der Waals surface area contributed by atoms with E-state index >= 15 is 0 Å². The number of piperidine rings is 1. The number of anilines is 2. The molecule has 5 rings (SSSR count). The molecule has 3 aromatic rings. The first-order valence-corrected chi connectivity index (χ1v) is 14.0. The van der Waals surface area contributed by atoms with E-state index in [-0.39, 0.29) is 12.1 Å². The number of benzene rings is 1. The standard InChI is InChI=1S/C27H31ClIN5S/c1-15-11-16(2)14-33(13-15)22-9-8-19(12-20(22)28)34-26(23-17(3)31-18(4)24(23)29)25(32-27(34)35)21-7-5-6-10-30-21/h5-10,12,15-16,25-26,31H,11,13-14H2,1-4H3,(H,32,35)/t15-,16+,25-,26+/m1/s1. The van der Waals surface area contributed by atoms with Gasteiger partial charge >= 0.3 is 0 Å². The second-order valence-corrected chi connectivity index (χ2v) is 12.0. The number of aryl methyl sites for hydroxylation is 2. The molecule has 8 heteroatoms. The number of H-pyrrole nitrogens is 1. The largest absolute Gasteiger partial charge is 0.370 e. The number of thiocarbonyl (C=S) groups is 1. The fourth-order valence-electron chi connectivity index (χ4n) is 5.81. The Hall–Kier alpha value is -1.84. The molecule has 0 bridgehead atoms. The Balaban J connectivity index is 1.57. The third-order valence-electron chi connectivity index (χ3n) is 7.16. The lowest BCUT2D eigenvalue weighted by Crippen LogP contribution is -2.38. The molecule has 184 valence electrons. The van der Waals surface area contributed by atoms with Crippen molar-refractivity contribution in [2.45, 2.75) is 46.2 Å². The van der Waals surface area contributed by atoms with Gasteiger partial charge in [0.05, 0.1) is 28.5 Å². The van der Waals surface area contributed by atoms with Gasteiger partial charge in [0.1, 0.15) is 0 Å². The Labute approximate surface area is 231 Å². The molecule has 1 aromatic carbocycles. The number of hydrogen-bond donors (Lipinski definition) is 2. The molecule has 0 unspecified atom stereocenters. The number of nitrogens with one attached hydrogen (secondary N) is 2. The van der Waals surface area contributed by atoms with Crippen LogP contribution >= 0.6 is 46.4 Å². The van der Waals surface area contributed by atoms with Gasteiger partial charge in [0, 0.05) is 45.5 Å². The summed E-state index contributed by atoms with van der Waals surface area (Å²) >= 11 is 15.3. The SMILES string of the molecule is Cc1[nH]c(C)c([C@H]2[C@@H](c3ccccn3)NC(=S)N2c2ccc(N3C[C@H](C)C[C@H](C)C3)c(Cl)c2)c1I. The molecule has 5 nitrogen and oxygen atoms in total. The lowest BCUT2D eigenvalue weighted by molar-refractivity contribution is 0.357. The van der Waals surface area contributed by atoms with Crippen molar-refractivity contribution in [3.05, 3.63) is 73.8 Å². The number of aromatic amines is 1. The van der Waals surface area contributed by atoms with Crippen LogP contribution in [0.3, 0.4) is 0 Å². The molecular formula is C27H31ClIN5S. The number of nitrogens with zero attached hydrogens (tertiary/aromatic N) is 3. The predicted octanol–water partition coefficient (Wildman–Crippen LogP) is 6.94. The Bertz CT molecular complexity index is 1240. The zero-order valence-electron chi connectivity index (χ0n) is 20.5. The molecule has 0 amide bonds. The molecule has 2 aliphatic heterocycles. The molecule has 0 radical (unpaired) electrons. The van der Waals surface area contributed by atoms with E-state index < -0.39 is 0 Å². The topological polar surface area (TPSA) is 47.2 Å². The average molecular weight is 620 g/mol. The molecule has 2 saturated heterocycles. The summed E-state index contributed by atoms with van der Waals surface area (Å²) in [5.74, 6) is 1.32. The molecular weight excluding hydrogens is 589 g/mol. The number of pyridine rings is 1. The van der Waals surface area contributed by atoms with Gasteiger partial charge in [-0.05, 0) is 97.2 Å². The van der Waals surface area contributed by atoms with Crippen molar-refractivity contribution in [2.24, 2.45) is 11.8 Å². The first-order chi connectivity index (χ1) is 16.7. The molecule has 0 aliphatic carbocycles. The molecule has 4 atom stereocenters. The van der Waals surface area contributed by atoms with Crippen LogP contribution in [-0.2, 0) is 0 Å². The van der Waals surface area contributed by atoms with Crippen LogP contribution in [0.15, 0.2) is 42.6 Å². The van der Waals surface area contributed by atoms with Gasteiger partial charge in [0.2, 0.25) is 0 Å². The minimum Gasteiger partial charge on any atom is -0.370 e. The van der Waals surface area contributed by atoms with Gasteiger partial charge < -0.3 is 20.1 Å². The second-order valence-electron chi connectivity index (χ2n) is 10.1. The van der Waals surface area contributed by atoms with Crippen molar-refractivity contribution in [1.29, 1.82) is 0 Å². The van der Waals surface area contributed by atoms with Crippen LogP contribution in [0.5, 0.6) is 0 Å². The summed E-state index contributed by atoms with van der Waals surface area (Å²) in [5, 5.41) is 5.02. The van der Waals surface area contributed by atoms with Crippen molar-refractivity contribution < 1.29 is 0 Å². The first kappa shape index (κ1) is 24.8. The molecule has 2 aliphatic rings. The highest BCUT2D eigenvalue weighted by molar-refractivity contribution is 14.1. The van der Waals surface area contributed by atoms with Crippen molar-refractivity contribution in [3.63, 3.8) is 0 Å². The van der Waals surface area contributed by atoms with Crippen molar-refractivity contribution in [3.8, 4) is 0 Å². The second kappa shape index (κ2) is 9.90. The lowest BCUT2D eigenvalue weighted by atomic mass is 9.91. The Kier molecular flexibility index (Phi) is 7.03. The molecule has 0 saturated carbocycles. The number of aromatic nitrogens is 2. The van der Waals surface area contributed by atoms with Crippen LogP contribution in [0.25, 0.3) is 0 Å². The molecule has 35 heavy (non-hydrogen) atoms. The van der Waals surface area contributed by atoms with Crippen LogP contribution in [0.1, 0.15) is 55.0 Å². The highest BCUT2D eigenvalue weighted by atomic mass is 127. The van der Waals surface area contributed by atoms with Crippen molar-refractivity contribution in [2.75, 3.05) is 22.9 Å². The summed E-state index contributed by atoms with van der Waals surface area (Å²) in [6, 6.07) is 12.3. The summed E-state index contributed by atoms with van der Waals surface area (Å²) in [7, 11) is 0. The van der Waals surface area contributed by atoms with Gasteiger partial charge in [-0.3, -0.25) is 4.98 Å². The smallest absolute Gasteiger partial charge is 0.174 e. The van der Waals surface area contributed by atoms with Crippen molar-refractivity contribution >= 4 is 62.9 Å². The molecule has 4 heterocycles. The maximum absolute atomic E-state index is 6.95. The van der Waals surface area contributed by atoms with Gasteiger partial charge in [0.25, 0.3) is 0 Å². The van der Waals surface area contributed by atoms with Crippen LogP contribution in [-0.4, -0.2) is 28.2 Å². The van der Waals surface area contributed by atoms with Crippen LogP contribution in [0.4, 0.5) is 11.4 Å². The van der Waals surface area contributed by atoms with Crippen LogP contribution in [0.2, 0.25) is 5.02 Å². The highest BCUT2D eigenvalue weighted by Crippen LogP contribution is 2.46. The maximum atomic E-state index is 6.95. The fraction of sp³-hybridized carbons (Fsp3) is 0.407. The fourth-order valence-corrected chi connectivity index (χ4v) is 7.31. The Morgan fingerprint density at radius 1 is 1.09 bits per heavy atom. The summed E-state index contributed by atoms with van der Waals surface area (Å²) in [4.78, 5) is 12.8. The van der Waals surface area contributed by atoms with E-state index in [1.165, 1.54) is 15.6 Å². The Morgan fingerprint density at radius 3 is 2.43 bits per heavy atom. The van der Waals surface area contributed by atoms with E-state index in [0.29, 0.717) is 16.9 Å². The first-order valence-electron chi connectivity index (χ1n) is 12.1. The summed E-state index contributed by atoms with van der Waals surface area (Å²) in [6.45, 7) is 11.0. The number of halogens is 2.